The Kier molecular flexibility index (Phi) is 4.42. The van der Waals surface area contributed by atoms with E-state index in [9.17, 15) is 9.59 Å². The summed E-state index contributed by atoms with van der Waals surface area (Å²) in [5.41, 5.74) is 0. The van der Waals surface area contributed by atoms with E-state index in [1.807, 2.05) is 0 Å². The maximum Gasteiger partial charge on any atom is 0.306 e. The third-order valence-corrected chi connectivity index (χ3v) is 1.27. The van der Waals surface area contributed by atoms with Gasteiger partial charge in [-0.2, -0.15) is 0 Å². The van der Waals surface area contributed by atoms with Gasteiger partial charge in [0.1, 0.15) is 12.2 Å². The van der Waals surface area contributed by atoms with E-state index < -0.39 is 30.7 Å². The van der Waals surface area contributed by atoms with Crippen LogP contribution in [0.25, 0.3) is 0 Å². The van der Waals surface area contributed by atoms with Gasteiger partial charge in [0.05, 0.1) is 12.5 Å². The molecule has 0 aliphatic carbocycles. The minimum Gasteiger partial charge on any atom is -0.481 e. The summed E-state index contributed by atoms with van der Waals surface area (Å²) in [6.45, 7) is 0. The number of aliphatic hydroxyl groups excluding tert-OH is 3. The summed E-state index contributed by atoms with van der Waals surface area (Å²) in [5, 5.41) is 34.5. The maximum absolute atomic E-state index is 9.98. The number of hydrogen-bond donors (Lipinski definition) is 4. The van der Waals surface area contributed by atoms with Crippen molar-refractivity contribution in [3.05, 3.63) is 0 Å². The average molecular weight is 178 g/mol. The van der Waals surface area contributed by atoms with Crippen LogP contribution in [-0.2, 0) is 9.59 Å². The molecule has 0 amide bonds. The third kappa shape index (κ3) is 3.42. The minimum atomic E-state index is -1.75. The van der Waals surface area contributed by atoms with Crippen LogP contribution in [0.15, 0.2) is 0 Å². The molecule has 0 heterocycles. The van der Waals surface area contributed by atoms with E-state index in [0.717, 1.165) is 0 Å². The lowest BCUT2D eigenvalue weighted by atomic mass is 10.1. The third-order valence-electron chi connectivity index (χ3n) is 1.27. The number of carboxylic acid groups (broad SMARTS) is 1. The zero-order chi connectivity index (χ0) is 9.72. The number of carboxylic acids is 1. The topological polar surface area (TPSA) is 115 Å². The van der Waals surface area contributed by atoms with Crippen LogP contribution in [0.3, 0.4) is 0 Å². The van der Waals surface area contributed by atoms with Crippen molar-refractivity contribution < 1.29 is 30.0 Å². The molecule has 3 unspecified atom stereocenters. The molecule has 0 rings (SSSR count). The monoisotopic (exact) mass is 178 g/mol. The van der Waals surface area contributed by atoms with Crippen molar-refractivity contribution in [2.75, 3.05) is 0 Å². The number of aliphatic hydroxyl groups is 3. The molecule has 6 nitrogen and oxygen atoms in total. The van der Waals surface area contributed by atoms with Crippen LogP contribution in [0, 0.1) is 0 Å². The molecule has 70 valence electrons. The highest BCUT2D eigenvalue weighted by Crippen LogP contribution is 2.02. The smallest absolute Gasteiger partial charge is 0.306 e. The van der Waals surface area contributed by atoms with E-state index in [2.05, 4.69) is 0 Å². The van der Waals surface area contributed by atoms with Crippen LogP contribution in [0.1, 0.15) is 6.42 Å². The molecule has 6 heteroatoms. The quantitative estimate of drug-likeness (QED) is 0.353. The van der Waals surface area contributed by atoms with Gasteiger partial charge in [0.25, 0.3) is 0 Å². The fourth-order valence-corrected chi connectivity index (χ4v) is 0.608. The summed E-state index contributed by atoms with van der Waals surface area (Å²) in [6.07, 6.45) is -5.83. The first-order valence-corrected chi connectivity index (χ1v) is 3.20. The van der Waals surface area contributed by atoms with E-state index in [0.29, 0.717) is 0 Å². The molecule has 0 aliphatic rings. The first-order valence-electron chi connectivity index (χ1n) is 3.20. The van der Waals surface area contributed by atoms with Gasteiger partial charge in [0.15, 0.2) is 6.29 Å². The minimum absolute atomic E-state index is 0.0235. The summed E-state index contributed by atoms with van der Waals surface area (Å²) in [4.78, 5) is 19.9. The van der Waals surface area contributed by atoms with Gasteiger partial charge in [0, 0.05) is 0 Å². The molecule has 0 saturated carbocycles. The molecule has 0 bridgehead atoms. The van der Waals surface area contributed by atoms with Gasteiger partial charge in [-0.3, -0.25) is 4.79 Å². The first kappa shape index (κ1) is 11.0. The molecule has 4 N–H and O–H groups in total. The molecule has 12 heavy (non-hydrogen) atoms. The van der Waals surface area contributed by atoms with Gasteiger partial charge in [-0.25, -0.2) is 0 Å². The van der Waals surface area contributed by atoms with Crippen molar-refractivity contribution >= 4 is 12.3 Å². The summed E-state index contributed by atoms with van der Waals surface area (Å²) >= 11 is 0. The Labute approximate surface area is 68.1 Å². The molecule has 0 aromatic carbocycles. The predicted octanol–water partition coefficient (Wildman–Crippen LogP) is -2.26. The first-order chi connectivity index (χ1) is 5.49. The molecular formula is C6H10O6. The highest BCUT2D eigenvalue weighted by Gasteiger charge is 2.25. The van der Waals surface area contributed by atoms with Crippen LogP contribution in [0.4, 0.5) is 0 Å². The number of hydrogen-bond acceptors (Lipinski definition) is 5. The number of aliphatic carboxylic acids is 1. The molecule has 0 saturated heterocycles. The Morgan fingerprint density at radius 1 is 1.33 bits per heavy atom. The highest BCUT2D eigenvalue weighted by atomic mass is 16.4. The number of aldehydes is 1. The van der Waals surface area contributed by atoms with Gasteiger partial charge in [-0.15, -0.1) is 0 Å². The lowest BCUT2D eigenvalue weighted by Gasteiger charge is -2.17. The van der Waals surface area contributed by atoms with Gasteiger partial charge >= 0.3 is 5.97 Å². The lowest BCUT2D eigenvalue weighted by molar-refractivity contribution is -0.144. The van der Waals surface area contributed by atoms with Crippen LogP contribution in [0.2, 0.25) is 0 Å². The SMILES string of the molecule is O=CC(O)C(O)C(O)CC(=O)O. The van der Waals surface area contributed by atoms with Crippen molar-refractivity contribution in [2.24, 2.45) is 0 Å². The predicted molar refractivity (Wildman–Crippen MR) is 36.3 cm³/mol. The number of carbonyl (C=O) groups excluding carboxylic acids is 1. The van der Waals surface area contributed by atoms with Gasteiger partial charge < -0.3 is 25.2 Å². The summed E-state index contributed by atoms with van der Waals surface area (Å²) < 4.78 is 0. The van der Waals surface area contributed by atoms with E-state index in [-0.39, 0.29) is 6.29 Å². The second-order valence-corrected chi connectivity index (χ2v) is 2.28. The Bertz CT molecular complexity index is 167. The van der Waals surface area contributed by atoms with Gasteiger partial charge in [-0.1, -0.05) is 0 Å². The lowest BCUT2D eigenvalue weighted by Crippen LogP contribution is -2.39. The van der Waals surface area contributed by atoms with Crippen LogP contribution in [0.5, 0.6) is 0 Å². The molecule has 0 spiro atoms. The molecule has 0 aromatic heterocycles. The van der Waals surface area contributed by atoms with Crippen molar-refractivity contribution in [1.29, 1.82) is 0 Å². The standard InChI is InChI=1S/C6H10O6/c7-2-4(9)6(12)3(8)1-5(10)11/h2-4,6,8-9,12H,1H2,(H,10,11). The van der Waals surface area contributed by atoms with Crippen molar-refractivity contribution in [2.45, 2.75) is 24.7 Å². The normalized spacial score (nSPS) is 17.9. The summed E-state index contributed by atoms with van der Waals surface area (Å²) in [6, 6.07) is 0. The molecule has 0 aliphatic heterocycles. The Morgan fingerprint density at radius 3 is 2.17 bits per heavy atom. The van der Waals surface area contributed by atoms with E-state index >= 15 is 0 Å². The zero-order valence-corrected chi connectivity index (χ0v) is 6.12. The molecule has 3 atom stereocenters. The molecule has 0 aromatic rings. The number of rotatable bonds is 5. The second kappa shape index (κ2) is 4.81. The summed E-state index contributed by atoms with van der Waals surface area (Å²) in [5.74, 6) is -1.32. The zero-order valence-electron chi connectivity index (χ0n) is 6.12. The van der Waals surface area contributed by atoms with E-state index in [1.165, 1.54) is 0 Å². The Balaban J connectivity index is 3.99. The van der Waals surface area contributed by atoms with E-state index in [4.69, 9.17) is 20.4 Å². The fraction of sp³-hybridized carbons (Fsp3) is 0.667. The number of carbonyl (C=O) groups is 2. The van der Waals surface area contributed by atoms with Gasteiger partial charge in [-0.05, 0) is 0 Å². The summed E-state index contributed by atoms with van der Waals surface area (Å²) in [7, 11) is 0. The van der Waals surface area contributed by atoms with E-state index in [1.54, 1.807) is 0 Å². The van der Waals surface area contributed by atoms with Crippen LogP contribution in [-0.4, -0.2) is 51.0 Å². The fourth-order valence-electron chi connectivity index (χ4n) is 0.608. The Morgan fingerprint density at radius 2 is 1.83 bits per heavy atom. The largest absolute Gasteiger partial charge is 0.481 e. The molecule has 0 fully saturated rings. The second-order valence-electron chi connectivity index (χ2n) is 2.28. The van der Waals surface area contributed by atoms with Gasteiger partial charge in [0.2, 0.25) is 0 Å². The molecular weight excluding hydrogens is 168 g/mol. The average Bonchev–Trinajstić information content (AvgIpc) is 2.00. The van der Waals surface area contributed by atoms with Crippen molar-refractivity contribution in [3.8, 4) is 0 Å². The maximum atomic E-state index is 9.98. The molecule has 0 radical (unpaired) electrons. The van der Waals surface area contributed by atoms with Crippen LogP contribution < -0.4 is 0 Å². The van der Waals surface area contributed by atoms with Crippen molar-refractivity contribution in [1.82, 2.24) is 0 Å². The van der Waals surface area contributed by atoms with Crippen LogP contribution >= 0.6 is 0 Å². The Hall–Kier alpha value is -0.980. The van der Waals surface area contributed by atoms with Crippen molar-refractivity contribution in [3.63, 3.8) is 0 Å². The highest BCUT2D eigenvalue weighted by molar-refractivity contribution is 5.67.